The fraction of sp³-hybridized carbons (Fsp3) is 0.467. The summed E-state index contributed by atoms with van der Waals surface area (Å²) in [6.07, 6.45) is 3.90. The van der Waals surface area contributed by atoms with Crippen LogP contribution in [-0.2, 0) is 4.74 Å². The van der Waals surface area contributed by atoms with E-state index in [1.165, 1.54) is 0 Å². The number of nitrogens with zero attached hydrogens (tertiary/aromatic N) is 2. The molecule has 20 heavy (non-hydrogen) atoms. The maximum Gasteiger partial charge on any atom is 0.253 e. The summed E-state index contributed by atoms with van der Waals surface area (Å²) >= 11 is 0. The van der Waals surface area contributed by atoms with Crippen LogP contribution < -0.4 is 0 Å². The number of rotatable bonds is 1. The largest absolute Gasteiger partial charge is 0.381 e. The number of amides is 1. The second-order valence-corrected chi connectivity index (χ2v) is 5.95. The van der Waals surface area contributed by atoms with Crippen molar-refractivity contribution in [3.05, 3.63) is 30.0 Å². The van der Waals surface area contributed by atoms with Crippen molar-refractivity contribution >= 4 is 16.8 Å². The van der Waals surface area contributed by atoms with Crippen molar-refractivity contribution in [2.45, 2.75) is 12.8 Å². The van der Waals surface area contributed by atoms with Gasteiger partial charge >= 0.3 is 0 Å². The summed E-state index contributed by atoms with van der Waals surface area (Å²) in [6, 6.07) is 5.70. The van der Waals surface area contributed by atoms with Crippen molar-refractivity contribution < 1.29 is 9.53 Å². The number of aromatic amines is 1. The number of fused-ring (bicyclic) bond motifs is 1. The normalized spacial score (nSPS) is 25.9. The van der Waals surface area contributed by atoms with Gasteiger partial charge in [0.05, 0.1) is 18.3 Å². The average Bonchev–Trinajstić information content (AvgIpc) is 3.19. The van der Waals surface area contributed by atoms with E-state index in [1.54, 1.807) is 6.20 Å². The van der Waals surface area contributed by atoms with Crippen LogP contribution in [0.5, 0.6) is 0 Å². The van der Waals surface area contributed by atoms with Gasteiger partial charge in [-0.05, 0) is 31.0 Å². The molecule has 1 spiro atoms. The lowest BCUT2D eigenvalue weighted by Gasteiger charge is -2.22. The summed E-state index contributed by atoms with van der Waals surface area (Å²) in [4.78, 5) is 14.6. The number of aromatic nitrogens is 2. The first-order valence-electron chi connectivity index (χ1n) is 7.06. The minimum absolute atomic E-state index is 0.122. The molecule has 104 valence electrons. The monoisotopic (exact) mass is 271 g/mol. The van der Waals surface area contributed by atoms with Crippen molar-refractivity contribution in [1.29, 1.82) is 0 Å². The van der Waals surface area contributed by atoms with Gasteiger partial charge in [-0.15, -0.1) is 0 Å². The SMILES string of the molecule is O=C(c1ccc2[nH]ncc2c1)N1CC[C@]2(CCOC2)C1. The number of benzene rings is 1. The molecule has 2 saturated heterocycles. The predicted molar refractivity (Wildman–Crippen MR) is 74.5 cm³/mol. The summed E-state index contributed by atoms with van der Waals surface area (Å²) in [5.41, 5.74) is 1.92. The lowest BCUT2D eigenvalue weighted by atomic mass is 9.87. The zero-order chi connectivity index (χ0) is 13.6. The number of hydrogen-bond donors (Lipinski definition) is 1. The predicted octanol–water partition coefficient (Wildman–Crippen LogP) is 1.82. The first-order chi connectivity index (χ1) is 9.76. The van der Waals surface area contributed by atoms with Crippen LogP contribution >= 0.6 is 0 Å². The molecule has 2 aromatic rings. The van der Waals surface area contributed by atoms with Crippen LogP contribution in [0.1, 0.15) is 23.2 Å². The number of H-pyrrole nitrogens is 1. The van der Waals surface area contributed by atoms with Crippen LogP contribution in [0, 0.1) is 5.41 Å². The van der Waals surface area contributed by atoms with Gasteiger partial charge in [0.1, 0.15) is 0 Å². The molecule has 5 heteroatoms. The minimum Gasteiger partial charge on any atom is -0.381 e. The number of ether oxygens (including phenoxy) is 1. The molecular formula is C15H17N3O2. The van der Waals surface area contributed by atoms with Crippen molar-refractivity contribution in [2.75, 3.05) is 26.3 Å². The van der Waals surface area contributed by atoms with E-state index in [2.05, 4.69) is 10.2 Å². The third-order valence-electron chi connectivity index (χ3n) is 4.60. The highest BCUT2D eigenvalue weighted by molar-refractivity contribution is 5.98. The van der Waals surface area contributed by atoms with E-state index in [1.807, 2.05) is 23.1 Å². The zero-order valence-electron chi connectivity index (χ0n) is 11.3. The van der Waals surface area contributed by atoms with E-state index in [-0.39, 0.29) is 11.3 Å². The molecule has 0 aliphatic carbocycles. The maximum atomic E-state index is 12.6. The van der Waals surface area contributed by atoms with Crippen LogP contribution in [0.4, 0.5) is 0 Å². The quantitative estimate of drug-likeness (QED) is 0.860. The Labute approximate surface area is 116 Å². The topological polar surface area (TPSA) is 58.2 Å². The highest BCUT2D eigenvalue weighted by Gasteiger charge is 2.42. The Kier molecular flexibility index (Phi) is 2.57. The van der Waals surface area contributed by atoms with E-state index >= 15 is 0 Å². The first kappa shape index (κ1) is 11.9. The number of carbonyl (C=O) groups is 1. The minimum atomic E-state index is 0.122. The second-order valence-electron chi connectivity index (χ2n) is 5.95. The third kappa shape index (κ3) is 1.81. The van der Waals surface area contributed by atoms with E-state index in [9.17, 15) is 4.79 Å². The van der Waals surface area contributed by atoms with Gasteiger partial charge in [-0.3, -0.25) is 9.89 Å². The van der Waals surface area contributed by atoms with Crippen LogP contribution in [0.15, 0.2) is 24.4 Å². The van der Waals surface area contributed by atoms with Crippen LogP contribution in [0.25, 0.3) is 10.9 Å². The van der Waals surface area contributed by atoms with Crippen molar-refractivity contribution in [3.63, 3.8) is 0 Å². The Morgan fingerprint density at radius 2 is 2.35 bits per heavy atom. The van der Waals surface area contributed by atoms with E-state index in [0.29, 0.717) is 0 Å². The zero-order valence-corrected chi connectivity index (χ0v) is 11.3. The molecule has 2 aliphatic rings. The first-order valence-corrected chi connectivity index (χ1v) is 7.06. The molecule has 5 nitrogen and oxygen atoms in total. The highest BCUT2D eigenvalue weighted by Crippen LogP contribution is 2.38. The van der Waals surface area contributed by atoms with Crippen LogP contribution in [0.3, 0.4) is 0 Å². The lowest BCUT2D eigenvalue weighted by molar-refractivity contribution is 0.0766. The number of hydrogen-bond acceptors (Lipinski definition) is 3. The Morgan fingerprint density at radius 1 is 1.40 bits per heavy atom. The second kappa shape index (κ2) is 4.31. The van der Waals surface area contributed by atoms with Crippen molar-refractivity contribution in [2.24, 2.45) is 5.41 Å². The molecule has 4 rings (SSSR count). The van der Waals surface area contributed by atoms with Crippen LogP contribution in [0.2, 0.25) is 0 Å². The Balaban J connectivity index is 1.57. The fourth-order valence-corrected chi connectivity index (χ4v) is 3.34. The van der Waals surface area contributed by atoms with Gasteiger partial charge in [0, 0.05) is 36.1 Å². The third-order valence-corrected chi connectivity index (χ3v) is 4.60. The Hall–Kier alpha value is -1.88. The molecule has 1 N–H and O–H groups in total. The van der Waals surface area contributed by atoms with Crippen LogP contribution in [-0.4, -0.2) is 47.3 Å². The Bertz CT molecular complexity index is 658. The molecule has 0 unspecified atom stereocenters. The summed E-state index contributed by atoms with van der Waals surface area (Å²) in [5, 5.41) is 7.87. The van der Waals surface area contributed by atoms with Gasteiger partial charge in [-0.25, -0.2) is 0 Å². The van der Waals surface area contributed by atoms with Gasteiger partial charge in [0.2, 0.25) is 0 Å². The molecular weight excluding hydrogens is 254 g/mol. The summed E-state index contributed by atoms with van der Waals surface area (Å²) in [5.74, 6) is 0.122. The molecule has 3 heterocycles. The summed E-state index contributed by atoms with van der Waals surface area (Å²) in [6.45, 7) is 3.31. The molecule has 2 fully saturated rings. The summed E-state index contributed by atoms with van der Waals surface area (Å²) in [7, 11) is 0. The Morgan fingerprint density at radius 3 is 3.20 bits per heavy atom. The van der Waals surface area contributed by atoms with Gasteiger partial charge in [-0.2, -0.15) is 5.10 Å². The lowest BCUT2D eigenvalue weighted by Crippen LogP contribution is -2.32. The molecule has 0 bridgehead atoms. The summed E-state index contributed by atoms with van der Waals surface area (Å²) < 4.78 is 5.51. The standard InChI is InChI=1S/C15H17N3O2/c19-14(11-1-2-13-12(7-11)8-16-17-13)18-5-3-15(9-18)4-6-20-10-15/h1-2,7-8H,3-6,9-10H2,(H,16,17)/t15-/m0/s1. The molecule has 2 aliphatic heterocycles. The number of nitrogens with one attached hydrogen (secondary N) is 1. The van der Waals surface area contributed by atoms with Gasteiger partial charge in [-0.1, -0.05) is 0 Å². The molecule has 0 radical (unpaired) electrons. The van der Waals surface area contributed by atoms with Gasteiger partial charge in [0.25, 0.3) is 5.91 Å². The molecule has 1 aromatic heterocycles. The highest BCUT2D eigenvalue weighted by atomic mass is 16.5. The molecule has 1 aromatic carbocycles. The average molecular weight is 271 g/mol. The molecule has 1 amide bonds. The molecule has 1 atom stereocenters. The molecule has 0 saturated carbocycles. The van der Waals surface area contributed by atoms with Gasteiger partial charge in [0.15, 0.2) is 0 Å². The number of carbonyl (C=O) groups excluding carboxylic acids is 1. The van der Waals surface area contributed by atoms with E-state index in [0.717, 1.165) is 55.6 Å². The maximum absolute atomic E-state index is 12.6. The fourth-order valence-electron chi connectivity index (χ4n) is 3.34. The number of likely N-dealkylation sites (tertiary alicyclic amines) is 1. The van der Waals surface area contributed by atoms with E-state index in [4.69, 9.17) is 4.74 Å². The van der Waals surface area contributed by atoms with E-state index < -0.39 is 0 Å². The van der Waals surface area contributed by atoms with Crippen molar-refractivity contribution in [3.8, 4) is 0 Å². The van der Waals surface area contributed by atoms with Gasteiger partial charge < -0.3 is 9.64 Å². The van der Waals surface area contributed by atoms with Crippen molar-refractivity contribution in [1.82, 2.24) is 15.1 Å². The smallest absolute Gasteiger partial charge is 0.253 e.